The van der Waals surface area contributed by atoms with Gasteiger partial charge in [-0.1, -0.05) is 40.9 Å². The van der Waals surface area contributed by atoms with Gasteiger partial charge in [0.1, 0.15) is 24.4 Å². The standard InChI is InChI=1S/C59H87IO18S/c1-27-14-34-10-12-39-28(2)15-33(66-39)8-9-35-16-43(64-7)57(69-35)44-19-38(62)56-40(70-44)13-11-36(68-56)17-51(63)74-55-32(6)54-46(71-45(55)20-41(67-34)31(27)5)21-42-48(72-54)24-59(75-42)25-49-53(78-59)30(4)23-58(77-49)22-29(3)52-47(76-58)18-37(61)50(73-52)26-65-79-60/h27,29-30,32-50,52-57,61-62H,2,5,8-26H2,1,3-4,6-7H3/t27-,29+,30+,32+,33+,34+,35-,36-,37-,38?,39+,40+,41-,42-,43-,44-,45+,46+,47+,48-,49+,50-,52+,53+,54+,55-,56-,57+,58-,59+/m1/s1. The minimum atomic E-state index is -0.912. The molecule has 2 N–H and O–H groups in total. The molecule has 15 aliphatic rings. The van der Waals surface area contributed by atoms with Crippen molar-refractivity contribution in [2.75, 3.05) is 13.7 Å². The number of esters is 1. The van der Waals surface area contributed by atoms with E-state index in [9.17, 15) is 15.0 Å². The molecule has 20 heteroatoms. The minimum absolute atomic E-state index is 0.00336. The van der Waals surface area contributed by atoms with E-state index in [2.05, 4.69) is 62.1 Å². The van der Waals surface area contributed by atoms with Crippen molar-refractivity contribution in [2.45, 2.75) is 301 Å². The largest absolute Gasteiger partial charge is 0.459 e. The van der Waals surface area contributed by atoms with Crippen LogP contribution in [0.2, 0.25) is 0 Å². The number of carbonyl (C=O) groups excluding carboxylic acids is 1. The molecule has 1 unspecified atom stereocenters. The molecule has 0 aromatic carbocycles. The van der Waals surface area contributed by atoms with Gasteiger partial charge >= 0.3 is 5.97 Å². The minimum Gasteiger partial charge on any atom is -0.459 e. The molecule has 0 aromatic rings. The van der Waals surface area contributed by atoms with Gasteiger partial charge in [0.05, 0.1) is 144 Å². The van der Waals surface area contributed by atoms with Crippen LogP contribution >= 0.6 is 30.4 Å². The van der Waals surface area contributed by atoms with E-state index < -0.39 is 54.3 Å². The Morgan fingerprint density at radius 2 is 1.20 bits per heavy atom. The third-order valence-corrected chi connectivity index (χ3v) is 22.0. The average Bonchev–Trinajstić information content (AvgIpc) is 4.28. The third-order valence-electron chi connectivity index (χ3n) is 21.0. The summed E-state index contributed by atoms with van der Waals surface area (Å²) in [5, 5.41) is 22.7. The van der Waals surface area contributed by atoms with E-state index in [1.807, 2.05) is 0 Å². The highest BCUT2D eigenvalue weighted by Gasteiger charge is 2.65. The molecule has 15 aliphatic heterocycles. The van der Waals surface area contributed by atoms with Crippen LogP contribution in [0.15, 0.2) is 24.3 Å². The van der Waals surface area contributed by atoms with E-state index in [1.165, 1.54) is 9.21 Å². The van der Waals surface area contributed by atoms with Crippen LogP contribution in [0.3, 0.4) is 0 Å². The first-order valence-electron chi connectivity index (χ1n) is 30.3. The van der Waals surface area contributed by atoms with Crippen LogP contribution < -0.4 is 0 Å². The zero-order chi connectivity index (χ0) is 54.6. The number of rotatable bonds is 4. The number of carbonyl (C=O) groups is 1. The van der Waals surface area contributed by atoms with Gasteiger partial charge in [-0.2, -0.15) is 0 Å². The summed E-state index contributed by atoms with van der Waals surface area (Å²) in [7, 11) is 2.97. The molecule has 0 aliphatic carbocycles. The number of fused-ring (bicyclic) bond motifs is 6. The van der Waals surface area contributed by atoms with E-state index in [4.69, 9.17) is 70.5 Å². The molecular weight excluding hydrogens is 1160 g/mol. The molecule has 10 bridgehead atoms. The zero-order valence-corrected chi connectivity index (χ0v) is 49.7. The first-order valence-corrected chi connectivity index (χ1v) is 33.6. The van der Waals surface area contributed by atoms with Gasteiger partial charge in [-0.25, -0.2) is 0 Å². The maximum atomic E-state index is 14.4. The Morgan fingerprint density at radius 1 is 0.557 bits per heavy atom. The van der Waals surface area contributed by atoms with E-state index in [1.54, 1.807) is 7.11 Å². The van der Waals surface area contributed by atoms with Crippen molar-refractivity contribution in [1.29, 1.82) is 0 Å². The average molecular weight is 1240 g/mol. The number of hydrogen-bond donors (Lipinski definition) is 2. The van der Waals surface area contributed by atoms with Crippen LogP contribution in [-0.2, 0) is 75.3 Å². The molecular formula is C59H87IO18S. The second-order valence-corrected chi connectivity index (χ2v) is 28.0. The maximum Gasteiger partial charge on any atom is 0.308 e. The Balaban J connectivity index is 0.708. The lowest BCUT2D eigenvalue weighted by atomic mass is 9.78. The lowest BCUT2D eigenvalue weighted by Crippen LogP contribution is -2.63. The van der Waals surface area contributed by atoms with E-state index in [-0.39, 0.29) is 140 Å². The topological polar surface area (TPSA) is 196 Å². The quantitative estimate of drug-likeness (QED) is 0.122. The van der Waals surface area contributed by atoms with Crippen molar-refractivity contribution in [3.8, 4) is 0 Å². The van der Waals surface area contributed by atoms with Crippen molar-refractivity contribution in [3.05, 3.63) is 24.3 Å². The summed E-state index contributed by atoms with van der Waals surface area (Å²) in [6, 6.07) is 0. The molecule has 15 heterocycles. The van der Waals surface area contributed by atoms with Crippen molar-refractivity contribution in [3.63, 3.8) is 0 Å². The van der Waals surface area contributed by atoms with Crippen LogP contribution in [0.5, 0.6) is 0 Å². The molecule has 0 saturated carbocycles. The highest BCUT2D eigenvalue weighted by molar-refractivity contribution is 14.2. The lowest BCUT2D eigenvalue weighted by molar-refractivity contribution is -0.371. The summed E-state index contributed by atoms with van der Waals surface area (Å²) < 4.78 is 101. The molecule has 15 fully saturated rings. The van der Waals surface area contributed by atoms with Gasteiger partial charge in [-0.3, -0.25) is 4.79 Å². The highest BCUT2D eigenvalue weighted by Crippen LogP contribution is 2.56. The monoisotopic (exact) mass is 1240 g/mol. The molecule has 15 saturated heterocycles. The number of ether oxygens (including phenoxy) is 14. The van der Waals surface area contributed by atoms with E-state index in [0.29, 0.717) is 70.8 Å². The number of methoxy groups -OCH3 is 1. The normalized spacial score (nSPS) is 54.8. The molecule has 2 spiro atoms. The molecule has 79 heavy (non-hydrogen) atoms. The Morgan fingerprint density at radius 3 is 2.03 bits per heavy atom. The van der Waals surface area contributed by atoms with Crippen LogP contribution in [0.4, 0.5) is 0 Å². The first kappa shape index (κ1) is 57.5. The van der Waals surface area contributed by atoms with Gasteiger partial charge in [-0.15, -0.1) is 0 Å². The summed E-state index contributed by atoms with van der Waals surface area (Å²) in [5.74, 6) is -1.89. The number of aliphatic hydroxyl groups excluding tert-OH is 2. The molecule has 18 nitrogen and oxygen atoms in total. The Kier molecular flexibility index (Phi) is 16.9. The van der Waals surface area contributed by atoms with Gasteiger partial charge in [0.25, 0.3) is 0 Å². The van der Waals surface area contributed by atoms with Crippen molar-refractivity contribution < 1.29 is 85.5 Å². The molecule has 0 aromatic heterocycles. The fourth-order valence-corrected chi connectivity index (χ4v) is 17.7. The molecule has 15 rings (SSSR count). The summed E-state index contributed by atoms with van der Waals surface area (Å²) in [5.41, 5.74) is 2.15. The van der Waals surface area contributed by atoms with Crippen LogP contribution in [0, 0.1) is 23.7 Å². The molecule has 0 amide bonds. The van der Waals surface area contributed by atoms with Gasteiger partial charge in [-0.05, 0) is 80.3 Å². The van der Waals surface area contributed by atoms with Gasteiger partial charge in [0, 0.05) is 92.0 Å². The van der Waals surface area contributed by atoms with E-state index >= 15 is 0 Å². The SMILES string of the molecule is C=C1C[C@@H]2CC[C@@H]3C[C@@H](OC)[C@H](O3)[C@H]3CC(O)[C@H]4O[C@H](CC[C@@H]4O3)CC(=O)O[C@@H]3[C@@H](C)[C@@H]4O[C@@H]5C[C@]6(C[C@@H]7O[C@]8(C[C@H](C)[C@@H]9O[C@H](COSI)[C@H](O)C[C@@H]9O8)C[C@H](C)[C@@H]7O6)O[C@@H]5C[C@@H]4O[C@H]3C[C@H]3O[C@@H](CC[C@@H]1O2)C[C@@H](C)C3=C. The molecule has 30 atom stereocenters. The van der Waals surface area contributed by atoms with Gasteiger partial charge < -0.3 is 80.7 Å². The van der Waals surface area contributed by atoms with Crippen LogP contribution in [0.25, 0.3) is 0 Å². The molecule has 0 radical (unpaired) electrons. The summed E-state index contributed by atoms with van der Waals surface area (Å²) in [6.07, 6.45) is 3.52. The predicted molar refractivity (Wildman–Crippen MR) is 293 cm³/mol. The Hall–Kier alpha value is -0.610. The number of halogens is 1. The Labute approximate surface area is 482 Å². The summed E-state index contributed by atoms with van der Waals surface area (Å²) in [4.78, 5) is 14.4. The second kappa shape index (κ2) is 23.2. The van der Waals surface area contributed by atoms with Crippen LogP contribution in [-0.4, -0.2) is 188 Å². The van der Waals surface area contributed by atoms with Crippen LogP contribution in [0.1, 0.15) is 143 Å². The summed E-state index contributed by atoms with van der Waals surface area (Å²) in [6.45, 7) is 18.2. The van der Waals surface area contributed by atoms with Crippen molar-refractivity contribution >= 4 is 36.4 Å². The van der Waals surface area contributed by atoms with Gasteiger partial charge in [0.15, 0.2) is 11.6 Å². The smallest absolute Gasteiger partial charge is 0.308 e. The third kappa shape index (κ3) is 11.4. The molecule has 444 valence electrons. The van der Waals surface area contributed by atoms with Gasteiger partial charge in [0.2, 0.25) is 0 Å². The fourth-order valence-electron chi connectivity index (χ4n) is 17.1. The first-order chi connectivity index (χ1) is 38.0. The maximum absolute atomic E-state index is 14.4. The Bertz CT molecular complexity index is 2220. The number of aliphatic hydroxyl groups is 2. The van der Waals surface area contributed by atoms with Crippen molar-refractivity contribution in [1.82, 2.24) is 0 Å². The van der Waals surface area contributed by atoms with E-state index in [0.717, 1.165) is 56.1 Å². The predicted octanol–water partition coefficient (Wildman–Crippen LogP) is 7.47. The highest BCUT2D eigenvalue weighted by atomic mass is 127. The summed E-state index contributed by atoms with van der Waals surface area (Å²) >= 11 is 2.08. The fraction of sp³-hybridized carbons (Fsp3) is 0.915. The lowest BCUT2D eigenvalue weighted by Gasteiger charge is -2.54. The second-order valence-electron chi connectivity index (χ2n) is 26.5. The zero-order valence-electron chi connectivity index (χ0n) is 46.7. The number of hydrogen-bond acceptors (Lipinski definition) is 19. The van der Waals surface area contributed by atoms with Crippen molar-refractivity contribution in [2.24, 2.45) is 23.7 Å².